The van der Waals surface area contributed by atoms with Crippen LogP contribution < -0.4 is 16.4 Å². The molecule has 1 saturated heterocycles. The molecule has 2 heterocycles. The first-order valence-corrected chi connectivity index (χ1v) is 13.2. The zero-order valence-corrected chi connectivity index (χ0v) is 23.1. The van der Waals surface area contributed by atoms with E-state index in [9.17, 15) is 4.79 Å². The van der Waals surface area contributed by atoms with Gasteiger partial charge in [0.2, 0.25) is 5.82 Å². The number of nitrogen functional groups attached to an aromatic ring is 1. The van der Waals surface area contributed by atoms with Gasteiger partial charge in [-0.05, 0) is 69.1 Å². The van der Waals surface area contributed by atoms with Crippen molar-refractivity contribution in [2.24, 2.45) is 0 Å². The molecule has 202 valence electrons. The quantitative estimate of drug-likeness (QED) is 0.277. The number of aryl methyl sites for hydroxylation is 1. The first-order valence-electron chi connectivity index (χ1n) is 13.2. The van der Waals surface area contributed by atoms with Crippen LogP contribution in [0.5, 0.6) is 0 Å². The number of nitrogens with two attached hydrogens (primary N) is 2. The summed E-state index contributed by atoms with van der Waals surface area (Å²) in [5.74, 6) is 6.61. The molecule has 0 aliphatic carbocycles. The molecule has 1 fully saturated rings. The monoisotopic (exact) mass is 525 g/mol. The predicted octanol–water partition coefficient (Wildman–Crippen LogP) is 2.39. The van der Waals surface area contributed by atoms with Gasteiger partial charge in [0.05, 0.1) is 6.04 Å². The first-order chi connectivity index (χ1) is 18.7. The van der Waals surface area contributed by atoms with Gasteiger partial charge in [0.15, 0.2) is 0 Å². The molecular weight excluding hydrogens is 488 g/mol. The number of amides is 1. The van der Waals surface area contributed by atoms with E-state index >= 15 is 0 Å². The molecular formula is C30H37N8O+. The van der Waals surface area contributed by atoms with Crippen LogP contribution in [0.4, 0.5) is 17.3 Å². The fourth-order valence-corrected chi connectivity index (χ4v) is 4.37. The largest absolute Gasteiger partial charge is 0.383 e. The van der Waals surface area contributed by atoms with Crippen molar-refractivity contribution in [2.45, 2.75) is 33.4 Å². The highest BCUT2D eigenvalue weighted by Crippen LogP contribution is 2.18. The maximum atomic E-state index is 12.9. The van der Waals surface area contributed by atoms with Crippen LogP contribution in [0.2, 0.25) is 0 Å². The van der Waals surface area contributed by atoms with E-state index in [0.717, 1.165) is 38.3 Å². The minimum atomic E-state index is -0.181. The minimum Gasteiger partial charge on any atom is -0.383 e. The summed E-state index contributed by atoms with van der Waals surface area (Å²) < 4.78 is 0. The molecule has 6 N–H and O–H groups in total. The van der Waals surface area contributed by atoms with Crippen molar-refractivity contribution in [3.8, 4) is 11.8 Å². The number of aromatic nitrogens is 2. The Hall–Kier alpha value is -4.10. The zero-order valence-electron chi connectivity index (χ0n) is 23.1. The molecule has 4 rings (SSSR count). The van der Waals surface area contributed by atoms with Crippen LogP contribution in [0, 0.1) is 24.2 Å². The Morgan fingerprint density at radius 3 is 2.54 bits per heavy atom. The fourth-order valence-electron chi connectivity index (χ4n) is 4.37. The molecule has 1 aliphatic rings. The molecule has 0 radical (unpaired) electrons. The number of piperazine rings is 1. The highest BCUT2D eigenvalue weighted by Gasteiger charge is 2.18. The molecule has 0 unspecified atom stereocenters. The second-order valence-corrected chi connectivity index (χ2v) is 10.3. The van der Waals surface area contributed by atoms with Gasteiger partial charge in [-0.25, -0.2) is 4.98 Å². The number of carbonyl (C=O) groups excluding carboxylic acids is 1. The molecule has 0 spiro atoms. The van der Waals surface area contributed by atoms with E-state index in [1.165, 1.54) is 11.9 Å². The molecule has 0 bridgehead atoms. The maximum absolute atomic E-state index is 12.9. The smallest absolute Gasteiger partial charge is 0.255 e. The number of hydrogen-bond acceptors (Lipinski definition) is 7. The number of rotatable bonds is 7. The minimum absolute atomic E-state index is 0.0468. The number of nitrogens with zero attached hydrogens (tertiary/aromatic N) is 4. The average Bonchev–Trinajstić information content (AvgIpc) is 2.90. The summed E-state index contributed by atoms with van der Waals surface area (Å²) in [4.78, 5) is 26.0. The van der Waals surface area contributed by atoms with E-state index in [1.807, 2.05) is 68.6 Å². The van der Waals surface area contributed by atoms with Crippen LogP contribution >= 0.6 is 0 Å². The van der Waals surface area contributed by atoms with Crippen molar-refractivity contribution in [1.82, 2.24) is 19.8 Å². The highest BCUT2D eigenvalue weighted by molar-refractivity contribution is 6.15. The number of likely N-dealkylation sites (N-methyl/N-ethyl adjacent to an activating group) is 1. The first kappa shape index (κ1) is 27.9. The van der Waals surface area contributed by atoms with Crippen molar-refractivity contribution >= 4 is 28.9 Å². The van der Waals surface area contributed by atoms with E-state index in [2.05, 4.69) is 44.0 Å². The van der Waals surface area contributed by atoms with Gasteiger partial charge >= 0.3 is 0 Å². The summed E-state index contributed by atoms with van der Waals surface area (Å²) in [6.45, 7) is 11.2. The molecule has 3 aromatic rings. The number of anilines is 2. The van der Waals surface area contributed by atoms with E-state index in [0.29, 0.717) is 28.2 Å². The molecule has 1 amide bonds. The third-order valence-corrected chi connectivity index (χ3v) is 6.68. The Morgan fingerprint density at radius 2 is 1.85 bits per heavy atom. The summed E-state index contributed by atoms with van der Waals surface area (Å²) in [7, 11) is 2.15. The topological polar surface area (TPSA) is 128 Å². The van der Waals surface area contributed by atoms with E-state index in [4.69, 9.17) is 11.1 Å². The summed E-state index contributed by atoms with van der Waals surface area (Å²) in [5.41, 5.74) is 10.6. The fraction of sp³-hybridized carbons (Fsp3) is 0.333. The number of benzene rings is 2. The predicted molar refractivity (Wildman–Crippen MR) is 155 cm³/mol. The number of hydrogen-bond donors (Lipinski definition) is 4. The lowest BCUT2D eigenvalue weighted by Gasteiger charge is -2.32. The zero-order chi connectivity index (χ0) is 27.9. The lowest BCUT2D eigenvalue weighted by molar-refractivity contribution is -0.606. The SMILES string of the molecule is Cc1ccc(NC(=O)c2ccc(CN3CCN(C)CC3)cc2)cc1C#CC(=N)c1c(N)ncnc1[NH2+]C(C)C. The van der Waals surface area contributed by atoms with E-state index < -0.39 is 0 Å². The van der Waals surface area contributed by atoms with Crippen LogP contribution in [0.25, 0.3) is 0 Å². The standard InChI is InChI=1S/C30H36N8O/c1-20(2)35-29-27(28(32)33-19-34-29)26(31)12-10-24-17-25(11-5-21(24)3)36-30(39)23-8-6-22(7-9-23)18-38-15-13-37(4)14-16-38/h5-9,11,17,19-20,31H,13-16,18H2,1-4H3,(H,36,39)(H3,32,33,34,35)/p+1. The molecule has 0 atom stereocenters. The molecule has 9 heteroatoms. The Bertz CT molecular complexity index is 1400. The second-order valence-electron chi connectivity index (χ2n) is 10.3. The van der Waals surface area contributed by atoms with Gasteiger partial charge in [-0.3, -0.25) is 20.4 Å². The Morgan fingerprint density at radius 1 is 1.13 bits per heavy atom. The number of quaternary nitrogens is 1. The van der Waals surface area contributed by atoms with Gasteiger partial charge in [0, 0.05) is 49.5 Å². The van der Waals surface area contributed by atoms with Crippen molar-refractivity contribution in [3.63, 3.8) is 0 Å². The van der Waals surface area contributed by atoms with Gasteiger partial charge in [0.25, 0.3) is 5.91 Å². The van der Waals surface area contributed by atoms with Crippen molar-refractivity contribution in [1.29, 1.82) is 5.41 Å². The number of nitrogens with one attached hydrogen (secondary N) is 2. The third kappa shape index (κ3) is 7.48. The normalized spacial score (nSPS) is 14.1. The van der Waals surface area contributed by atoms with Crippen LogP contribution in [-0.4, -0.2) is 70.7 Å². The van der Waals surface area contributed by atoms with Crippen molar-refractivity contribution < 1.29 is 10.1 Å². The lowest BCUT2D eigenvalue weighted by atomic mass is 10.1. The Labute approximate surface area is 230 Å². The molecule has 0 saturated carbocycles. The molecule has 1 aliphatic heterocycles. The molecule has 1 aromatic heterocycles. The van der Waals surface area contributed by atoms with Gasteiger partial charge in [-0.15, -0.1) is 0 Å². The van der Waals surface area contributed by atoms with Crippen LogP contribution in [0.3, 0.4) is 0 Å². The van der Waals surface area contributed by atoms with Gasteiger partial charge < -0.3 is 16.0 Å². The summed E-state index contributed by atoms with van der Waals surface area (Å²) in [6, 6.07) is 13.6. The van der Waals surface area contributed by atoms with Crippen LogP contribution in [0.15, 0.2) is 48.8 Å². The maximum Gasteiger partial charge on any atom is 0.255 e. The second kappa shape index (κ2) is 12.6. The van der Waals surface area contributed by atoms with Crippen molar-refractivity contribution in [3.05, 3.63) is 76.6 Å². The lowest BCUT2D eigenvalue weighted by Crippen LogP contribution is -2.83. The summed E-state index contributed by atoms with van der Waals surface area (Å²) >= 11 is 0. The van der Waals surface area contributed by atoms with E-state index in [1.54, 1.807) is 0 Å². The molecule has 2 aromatic carbocycles. The van der Waals surface area contributed by atoms with E-state index in [-0.39, 0.29) is 23.5 Å². The average molecular weight is 526 g/mol. The van der Waals surface area contributed by atoms with Gasteiger partial charge in [-0.1, -0.05) is 24.1 Å². The Balaban J connectivity index is 1.44. The third-order valence-electron chi connectivity index (χ3n) is 6.68. The summed E-state index contributed by atoms with van der Waals surface area (Å²) in [5, 5.41) is 13.4. The van der Waals surface area contributed by atoms with Crippen molar-refractivity contribution in [2.75, 3.05) is 44.3 Å². The Kier molecular flexibility index (Phi) is 9.04. The van der Waals surface area contributed by atoms with Crippen LogP contribution in [0.1, 0.15) is 46.5 Å². The van der Waals surface area contributed by atoms with Crippen LogP contribution in [-0.2, 0) is 6.54 Å². The van der Waals surface area contributed by atoms with Gasteiger partial charge in [-0.2, -0.15) is 4.98 Å². The molecule has 39 heavy (non-hydrogen) atoms. The highest BCUT2D eigenvalue weighted by atomic mass is 16.1. The molecule has 9 nitrogen and oxygen atoms in total. The van der Waals surface area contributed by atoms with Gasteiger partial charge in [0.1, 0.15) is 23.4 Å². The number of carbonyl (C=O) groups is 1. The summed E-state index contributed by atoms with van der Waals surface area (Å²) in [6.07, 6.45) is 1.39.